The van der Waals surface area contributed by atoms with Gasteiger partial charge in [0.05, 0.1) is 6.20 Å². The maximum absolute atomic E-state index is 5.22. The molecule has 0 bridgehead atoms. The van der Waals surface area contributed by atoms with Crippen molar-refractivity contribution in [3.8, 4) is 11.5 Å². The summed E-state index contributed by atoms with van der Waals surface area (Å²) in [7, 11) is 0. The van der Waals surface area contributed by atoms with E-state index in [2.05, 4.69) is 39.3 Å². The van der Waals surface area contributed by atoms with E-state index in [-0.39, 0.29) is 0 Å². The van der Waals surface area contributed by atoms with E-state index in [9.17, 15) is 0 Å². The van der Waals surface area contributed by atoms with Crippen molar-refractivity contribution in [2.45, 2.75) is 39.2 Å². The van der Waals surface area contributed by atoms with Crippen molar-refractivity contribution in [3.63, 3.8) is 0 Å². The van der Waals surface area contributed by atoms with Gasteiger partial charge in [0.1, 0.15) is 5.69 Å². The molecule has 0 aliphatic heterocycles. The quantitative estimate of drug-likeness (QED) is 0.819. The normalized spacial score (nSPS) is 12.5. The lowest BCUT2D eigenvalue weighted by molar-refractivity contribution is 0.367. The Hall–Kier alpha value is -1.82. The lowest BCUT2D eigenvalue weighted by atomic mass is 10.2. The fourth-order valence-electron chi connectivity index (χ4n) is 1.71. The first-order valence-corrected chi connectivity index (χ1v) is 6.62. The molecule has 6 nitrogen and oxygen atoms in total. The first kappa shape index (κ1) is 13.6. The van der Waals surface area contributed by atoms with Gasteiger partial charge in [0.25, 0.3) is 0 Å². The molecule has 2 aromatic rings. The van der Waals surface area contributed by atoms with Gasteiger partial charge in [-0.2, -0.15) is 4.98 Å². The number of rotatable bonds is 7. The highest BCUT2D eigenvalue weighted by Crippen LogP contribution is 2.12. The Morgan fingerprint density at radius 1 is 1.37 bits per heavy atom. The standard InChI is InChI=1S/C13H19N5O/c1-3-6-15-10(2)4-5-12-17-13(18-19-12)11-9-14-7-8-16-11/h7-10,15H,3-6H2,1-2H3. The van der Waals surface area contributed by atoms with Crippen LogP contribution in [-0.4, -0.2) is 32.7 Å². The number of aryl methyl sites for hydroxylation is 1. The van der Waals surface area contributed by atoms with Crippen molar-refractivity contribution < 1.29 is 4.52 Å². The fourth-order valence-corrected chi connectivity index (χ4v) is 1.71. The lowest BCUT2D eigenvalue weighted by Gasteiger charge is -2.10. The largest absolute Gasteiger partial charge is 0.339 e. The van der Waals surface area contributed by atoms with E-state index in [1.54, 1.807) is 18.6 Å². The molecule has 0 saturated carbocycles. The second-order valence-electron chi connectivity index (χ2n) is 4.50. The predicted octanol–water partition coefficient (Wildman–Crippen LogP) is 1.85. The van der Waals surface area contributed by atoms with Gasteiger partial charge in [0.15, 0.2) is 0 Å². The highest BCUT2D eigenvalue weighted by molar-refractivity contribution is 5.45. The van der Waals surface area contributed by atoms with Crippen LogP contribution in [0.1, 0.15) is 32.6 Å². The minimum atomic E-state index is 0.451. The summed E-state index contributed by atoms with van der Waals surface area (Å²) in [5, 5.41) is 7.35. The zero-order chi connectivity index (χ0) is 13.5. The number of nitrogens with one attached hydrogen (secondary N) is 1. The summed E-state index contributed by atoms with van der Waals surface area (Å²) in [6.45, 7) is 5.36. The van der Waals surface area contributed by atoms with Crippen LogP contribution >= 0.6 is 0 Å². The molecule has 0 aliphatic rings. The summed E-state index contributed by atoms with van der Waals surface area (Å²) >= 11 is 0. The van der Waals surface area contributed by atoms with Crippen LogP contribution in [-0.2, 0) is 6.42 Å². The van der Waals surface area contributed by atoms with Gasteiger partial charge in [0, 0.05) is 24.9 Å². The van der Waals surface area contributed by atoms with Gasteiger partial charge in [-0.3, -0.25) is 4.98 Å². The molecule has 1 unspecified atom stereocenters. The van der Waals surface area contributed by atoms with Crippen LogP contribution in [0.15, 0.2) is 23.1 Å². The van der Waals surface area contributed by atoms with Crippen LogP contribution in [0.5, 0.6) is 0 Å². The second-order valence-corrected chi connectivity index (χ2v) is 4.50. The molecule has 6 heteroatoms. The highest BCUT2D eigenvalue weighted by Gasteiger charge is 2.10. The number of nitrogens with zero attached hydrogens (tertiary/aromatic N) is 4. The third-order valence-electron chi connectivity index (χ3n) is 2.79. The van der Waals surface area contributed by atoms with Gasteiger partial charge >= 0.3 is 0 Å². The molecule has 0 amide bonds. The molecule has 0 aromatic carbocycles. The third kappa shape index (κ3) is 4.10. The summed E-state index contributed by atoms with van der Waals surface area (Å²) in [5.74, 6) is 1.14. The van der Waals surface area contributed by atoms with E-state index < -0.39 is 0 Å². The van der Waals surface area contributed by atoms with Crippen molar-refractivity contribution >= 4 is 0 Å². The van der Waals surface area contributed by atoms with Crippen LogP contribution in [0.25, 0.3) is 11.5 Å². The van der Waals surface area contributed by atoms with E-state index in [1.165, 1.54) is 0 Å². The van der Waals surface area contributed by atoms with E-state index in [0.29, 0.717) is 23.5 Å². The lowest BCUT2D eigenvalue weighted by Crippen LogP contribution is -2.27. The fraction of sp³-hybridized carbons (Fsp3) is 0.538. The van der Waals surface area contributed by atoms with Crippen molar-refractivity contribution in [1.29, 1.82) is 0 Å². The minimum Gasteiger partial charge on any atom is -0.339 e. The molecule has 0 radical (unpaired) electrons. The molecule has 0 spiro atoms. The topological polar surface area (TPSA) is 76.7 Å². The zero-order valence-electron chi connectivity index (χ0n) is 11.3. The molecular formula is C13H19N5O. The first-order chi connectivity index (χ1) is 9.29. The van der Waals surface area contributed by atoms with E-state index in [0.717, 1.165) is 25.8 Å². The molecular weight excluding hydrogens is 242 g/mol. The average molecular weight is 261 g/mol. The van der Waals surface area contributed by atoms with Gasteiger partial charge in [-0.05, 0) is 26.3 Å². The molecule has 1 N–H and O–H groups in total. The second kappa shape index (κ2) is 6.94. The molecule has 2 heterocycles. The van der Waals surface area contributed by atoms with Crippen molar-refractivity contribution in [1.82, 2.24) is 25.4 Å². The molecule has 0 saturated heterocycles. The molecule has 1 atom stereocenters. The maximum Gasteiger partial charge on any atom is 0.227 e. The summed E-state index contributed by atoms with van der Waals surface area (Å²) in [6.07, 6.45) is 7.74. The Balaban J connectivity index is 1.88. The summed E-state index contributed by atoms with van der Waals surface area (Å²) in [5.41, 5.74) is 0.634. The molecule has 2 rings (SSSR count). The van der Waals surface area contributed by atoms with Gasteiger partial charge in [0.2, 0.25) is 11.7 Å². The highest BCUT2D eigenvalue weighted by atomic mass is 16.5. The number of hydrogen-bond donors (Lipinski definition) is 1. The first-order valence-electron chi connectivity index (χ1n) is 6.62. The Morgan fingerprint density at radius 2 is 2.26 bits per heavy atom. The van der Waals surface area contributed by atoms with Crippen molar-refractivity contribution in [2.75, 3.05) is 6.54 Å². The zero-order valence-corrected chi connectivity index (χ0v) is 11.3. The van der Waals surface area contributed by atoms with E-state index in [1.807, 2.05) is 0 Å². The molecule has 0 fully saturated rings. The smallest absolute Gasteiger partial charge is 0.227 e. The third-order valence-corrected chi connectivity index (χ3v) is 2.79. The van der Waals surface area contributed by atoms with Gasteiger partial charge in [-0.25, -0.2) is 4.98 Å². The van der Waals surface area contributed by atoms with Crippen LogP contribution < -0.4 is 5.32 Å². The van der Waals surface area contributed by atoms with Crippen LogP contribution in [0, 0.1) is 0 Å². The van der Waals surface area contributed by atoms with Gasteiger partial charge < -0.3 is 9.84 Å². The summed E-state index contributed by atoms with van der Waals surface area (Å²) < 4.78 is 5.22. The van der Waals surface area contributed by atoms with Crippen LogP contribution in [0.2, 0.25) is 0 Å². The Bertz CT molecular complexity index is 485. The summed E-state index contributed by atoms with van der Waals surface area (Å²) in [4.78, 5) is 12.4. The van der Waals surface area contributed by atoms with Crippen molar-refractivity contribution in [3.05, 3.63) is 24.5 Å². The van der Waals surface area contributed by atoms with Crippen LogP contribution in [0.4, 0.5) is 0 Å². The number of aromatic nitrogens is 4. The van der Waals surface area contributed by atoms with Crippen LogP contribution in [0.3, 0.4) is 0 Å². The molecule has 2 aromatic heterocycles. The molecule has 19 heavy (non-hydrogen) atoms. The summed E-state index contributed by atoms with van der Waals surface area (Å²) in [6, 6.07) is 0.451. The van der Waals surface area contributed by atoms with Gasteiger partial charge in [-0.1, -0.05) is 12.1 Å². The molecule has 0 aliphatic carbocycles. The SMILES string of the molecule is CCCNC(C)CCc1nc(-c2cnccn2)no1. The monoisotopic (exact) mass is 261 g/mol. The van der Waals surface area contributed by atoms with Gasteiger partial charge in [-0.15, -0.1) is 0 Å². The minimum absolute atomic E-state index is 0.451. The predicted molar refractivity (Wildman–Crippen MR) is 71.4 cm³/mol. The Morgan fingerprint density at radius 3 is 3.00 bits per heavy atom. The Kier molecular flexibility index (Phi) is 4.97. The number of hydrogen-bond acceptors (Lipinski definition) is 6. The molecule has 102 valence electrons. The van der Waals surface area contributed by atoms with E-state index >= 15 is 0 Å². The maximum atomic E-state index is 5.22. The average Bonchev–Trinajstić information content (AvgIpc) is 2.93. The Labute approximate surface area is 112 Å². The van der Waals surface area contributed by atoms with E-state index in [4.69, 9.17) is 4.52 Å². The van der Waals surface area contributed by atoms with Crippen molar-refractivity contribution in [2.24, 2.45) is 0 Å².